The number of benzene rings is 3. The van der Waals surface area contributed by atoms with Gasteiger partial charge in [-0.1, -0.05) is 43.2 Å². The van der Waals surface area contributed by atoms with Crippen molar-refractivity contribution in [2.24, 2.45) is 5.41 Å². The fourth-order valence-electron chi connectivity index (χ4n) is 7.88. The van der Waals surface area contributed by atoms with Gasteiger partial charge in [0.1, 0.15) is 23.8 Å². The molecule has 3 aliphatic rings. The molecule has 2 aromatic heterocycles. The van der Waals surface area contributed by atoms with Gasteiger partial charge in [-0.3, -0.25) is 19.8 Å². The lowest BCUT2D eigenvalue weighted by atomic mass is 9.72. The van der Waals surface area contributed by atoms with Crippen molar-refractivity contribution in [3.05, 3.63) is 111 Å². The lowest BCUT2D eigenvalue weighted by Gasteiger charge is -2.39. The third-order valence-corrected chi connectivity index (χ3v) is 12.7. The Hall–Kier alpha value is -5.68. The summed E-state index contributed by atoms with van der Waals surface area (Å²) in [6.45, 7) is 8.13. The topological polar surface area (TPSA) is 192 Å². The van der Waals surface area contributed by atoms with Gasteiger partial charge in [0.25, 0.3) is 21.6 Å². The molecule has 15 nitrogen and oxygen atoms in total. The molecular weight excluding hydrogens is 798 g/mol. The maximum absolute atomic E-state index is 13.9. The third-order valence-electron chi connectivity index (χ3n) is 11.1. The number of allylic oxidation sites excluding steroid dienone is 1. The minimum atomic E-state index is -4.67. The number of aliphatic hydroxyl groups is 1. The lowest BCUT2D eigenvalue weighted by molar-refractivity contribution is -0.384. The molecule has 1 amide bonds. The zero-order valence-corrected chi connectivity index (χ0v) is 34.1. The van der Waals surface area contributed by atoms with E-state index >= 15 is 0 Å². The van der Waals surface area contributed by atoms with Crippen molar-refractivity contribution in [2.75, 3.05) is 56.2 Å². The molecule has 1 unspecified atom stereocenters. The van der Waals surface area contributed by atoms with Gasteiger partial charge < -0.3 is 29.8 Å². The second-order valence-corrected chi connectivity index (χ2v) is 18.0. The number of fused-ring (bicyclic) bond motifs is 2. The van der Waals surface area contributed by atoms with E-state index in [2.05, 4.69) is 55.8 Å². The van der Waals surface area contributed by atoms with Gasteiger partial charge in [0.05, 0.1) is 34.2 Å². The molecule has 0 saturated carbocycles. The van der Waals surface area contributed by atoms with Crippen molar-refractivity contribution in [2.45, 2.75) is 44.0 Å². The average molecular weight is 842 g/mol. The highest BCUT2D eigenvalue weighted by molar-refractivity contribution is 7.90. The zero-order valence-electron chi connectivity index (χ0n) is 32.5. The highest BCUT2D eigenvalue weighted by atomic mass is 35.5. The number of ether oxygens (including phenoxy) is 2. The number of anilines is 2. The number of nitro benzene ring substituents is 1. The number of piperazine rings is 1. The number of aliphatic hydroxyl groups excluding tert-OH is 1. The third kappa shape index (κ3) is 8.71. The van der Waals surface area contributed by atoms with Gasteiger partial charge in [0.15, 0.2) is 11.4 Å². The molecule has 1 aliphatic carbocycles. The van der Waals surface area contributed by atoms with Crippen LogP contribution in [0.3, 0.4) is 0 Å². The van der Waals surface area contributed by atoms with Gasteiger partial charge in [-0.25, -0.2) is 18.1 Å². The number of carbonyl (C=O) groups is 1. The number of hydrogen-bond donors (Lipinski definition) is 4. The summed E-state index contributed by atoms with van der Waals surface area (Å²) in [6.07, 6.45) is 6.41. The predicted molar refractivity (Wildman–Crippen MR) is 225 cm³/mol. The molecule has 4 N–H and O–H groups in total. The number of nitro groups is 1. The molecule has 5 aromatic rings. The molecule has 2 aliphatic heterocycles. The molecule has 8 rings (SSSR count). The maximum Gasteiger partial charge on any atom is 0.297 e. The Labute approximate surface area is 346 Å². The number of pyridine rings is 1. The fraction of sp³-hybridized carbons (Fsp3) is 0.333. The van der Waals surface area contributed by atoms with E-state index in [9.17, 15) is 28.4 Å². The van der Waals surface area contributed by atoms with Crippen LogP contribution in [-0.2, 0) is 10.0 Å². The number of rotatable bonds is 11. The van der Waals surface area contributed by atoms with Gasteiger partial charge >= 0.3 is 0 Å². The Bertz CT molecular complexity index is 2570. The van der Waals surface area contributed by atoms with E-state index in [0.29, 0.717) is 24.5 Å². The monoisotopic (exact) mass is 841 g/mol. The molecule has 0 radical (unpaired) electrons. The number of carbonyl (C=O) groups excluding carboxylic acids is 1. The zero-order chi connectivity index (χ0) is 41.5. The first-order chi connectivity index (χ1) is 28.2. The van der Waals surface area contributed by atoms with Crippen LogP contribution in [0.1, 0.15) is 49.0 Å². The van der Waals surface area contributed by atoms with E-state index < -0.39 is 37.5 Å². The largest absolute Gasteiger partial charge is 0.489 e. The van der Waals surface area contributed by atoms with Gasteiger partial charge in [0, 0.05) is 73.2 Å². The summed E-state index contributed by atoms with van der Waals surface area (Å²) in [4.78, 5) is 36.6. The van der Waals surface area contributed by atoms with Crippen molar-refractivity contribution in [3.63, 3.8) is 0 Å². The van der Waals surface area contributed by atoms with E-state index in [0.717, 1.165) is 67.1 Å². The maximum atomic E-state index is 13.9. The van der Waals surface area contributed by atoms with Crippen molar-refractivity contribution >= 4 is 61.2 Å². The van der Waals surface area contributed by atoms with E-state index in [-0.39, 0.29) is 41.4 Å². The van der Waals surface area contributed by atoms with Crippen LogP contribution < -0.4 is 24.4 Å². The minimum Gasteiger partial charge on any atom is -0.489 e. The van der Waals surface area contributed by atoms with Crippen LogP contribution in [-0.4, -0.2) is 91.2 Å². The van der Waals surface area contributed by atoms with Gasteiger partial charge in [-0.15, -0.1) is 0 Å². The normalized spacial score (nSPS) is 18.2. The summed E-state index contributed by atoms with van der Waals surface area (Å²) in [5, 5.41) is 25.8. The van der Waals surface area contributed by atoms with E-state index in [1.54, 1.807) is 24.4 Å². The van der Waals surface area contributed by atoms with Gasteiger partial charge in [0.2, 0.25) is 0 Å². The molecule has 1 saturated heterocycles. The number of nitrogens with one attached hydrogen (secondary N) is 3. The van der Waals surface area contributed by atoms with Crippen LogP contribution in [0.4, 0.5) is 17.1 Å². The summed E-state index contributed by atoms with van der Waals surface area (Å²) >= 11 is 6.23. The van der Waals surface area contributed by atoms with Crippen LogP contribution in [0.2, 0.25) is 5.02 Å². The molecule has 0 bridgehead atoms. The second-order valence-electron chi connectivity index (χ2n) is 15.9. The van der Waals surface area contributed by atoms with Crippen molar-refractivity contribution < 1.29 is 32.7 Å². The second kappa shape index (κ2) is 16.2. The molecule has 4 heterocycles. The number of amides is 1. The fourth-order valence-corrected chi connectivity index (χ4v) is 9.01. The number of aromatic nitrogens is 2. The Morgan fingerprint density at radius 2 is 1.88 bits per heavy atom. The number of H-pyrrole nitrogens is 1. The first kappa shape index (κ1) is 40.1. The summed E-state index contributed by atoms with van der Waals surface area (Å²) < 4.78 is 41.2. The average Bonchev–Trinajstić information content (AvgIpc) is 3.69. The van der Waals surface area contributed by atoms with Crippen molar-refractivity contribution in [1.29, 1.82) is 0 Å². The first-order valence-corrected chi connectivity index (χ1v) is 21.2. The quantitative estimate of drug-likeness (QED) is 0.0789. The van der Waals surface area contributed by atoms with Gasteiger partial charge in [-0.05, 0) is 72.2 Å². The first-order valence-electron chi connectivity index (χ1n) is 19.3. The molecule has 1 atom stereocenters. The Kier molecular flexibility index (Phi) is 11.0. The van der Waals surface area contributed by atoms with Crippen LogP contribution >= 0.6 is 11.6 Å². The lowest BCUT2D eigenvalue weighted by Crippen LogP contribution is -2.47. The smallest absolute Gasteiger partial charge is 0.297 e. The summed E-state index contributed by atoms with van der Waals surface area (Å²) in [5.41, 5.74) is 4.99. The predicted octanol–water partition coefficient (Wildman–Crippen LogP) is 6.99. The summed E-state index contributed by atoms with van der Waals surface area (Å²) in [7, 11) is -4.67. The number of nitrogens with zero attached hydrogens (tertiary/aromatic N) is 4. The van der Waals surface area contributed by atoms with Gasteiger partial charge in [-0.2, -0.15) is 0 Å². The van der Waals surface area contributed by atoms with Crippen molar-refractivity contribution in [1.82, 2.24) is 19.6 Å². The number of aromatic amines is 1. The molecule has 308 valence electrons. The molecule has 17 heteroatoms. The highest BCUT2D eigenvalue weighted by Gasteiger charge is 2.33. The Balaban J connectivity index is 1.04. The molecule has 59 heavy (non-hydrogen) atoms. The van der Waals surface area contributed by atoms with E-state index in [1.807, 2.05) is 18.2 Å². The summed E-state index contributed by atoms with van der Waals surface area (Å²) in [5.74, 6) is -0.685. The Morgan fingerprint density at radius 1 is 1.10 bits per heavy atom. The molecule has 3 aromatic carbocycles. The standard InChI is InChI=1S/C42H44ClN7O8S/c1-42(2)11-9-28(35(21-42)26-3-5-29(43)6-4-26)23-48-13-15-49(16-14-48)31-7-8-34(37(18-31)58-32-17-27-10-12-44-40(27)45-22-32)41(52)47-59(55,56)33-19-36(50(53)54)39-38(20-33)57-25-30(24-51)46-39/h3-8,10,12,17-20,22,30,46,51H,9,11,13-16,21,23-25H2,1-2H3,(H,44,45)(H,47,52). The van der Waals surface area contributed by atoms with E-state index in [4.69, 9.17) is 21.1 Å². The van der Waals surface area contributed by atoms with Crippen LogP contribution in [0.25, 0.3) is 16.6 Å². The molecule has 1 fully saturated rings. The minimum absolute atomic E-state index is 0.0517. The van der Waals surface area contributed by atoms with Crippen LogP contribution in [0.15, 0.2) is 89.6 Å². The number of halogens is 1. The van der Waals surface area contributed by atoms with Crippen LogP contribution in [0, 0.1) is 15.5 Å². The molecular formula is C42H44ClN7O8S. The van der Waals surface area contributed by atoms with E-state index in [1.165, 1.54) is 29.0 Å². The SMILES string of the molecule is CC1(C)CCC(CN2CCN(c3ccc(C(=O)NS(=O)(=O)c4cc5c(c([N+](=O)[O-])c4)NC(CO)CO5)c(Oc4cnc5[nH]ccc5c4)c3)CC2)=C(c2ccc(Cl)cc2)C1. The summed E-state index contributed by atoms with van der Waals surface area (Å²) in [6, 6.07) is 18.0. The van der Waals surface area contributed by atoms with Crippen molar-refractivity contribution in [3.8, 4) is 17.2 Å². The number of hydrogen-bond acceptors (Lipinski definition) is 12. The Morgan fingerprint density at radius 3 is 2.63 bits per heavy atom. The van der Waals surface area contributed by atoms with Crippen LogP contribution in [0.5, 0.6) is 17.2 Å². The highest BCUT2D eigenvalue weighted by Crippen LogP contribution is 2.44. The molecule has 0 spiro atoms. The number of sulfonamides is 1.